The van der Waals surface area contributed by atoms with E-state index in [1.165, 1.54) is 5.56 Å². The number of hydrogen-bond acceptors (Lipinski definition) is 3. The van der Waals surface area contributed by atoms with Crippen molar-refractivity contribution in [2.45, 2.75) is 38.6 Å². The van der Waals surface area contributed by atoms with Crippen LogP contribution in [0.2, 0.25) is 0 Å². The van der Waals surface area contributed by atoms with Gasteiger partial charge in [0.2, 0.25) is 0 Å². The van der Waals surface area contributed by atoms with Crippen LogP contribution in [0.3, 0.4) is 0 Å². The molecule has 0 saturated carbocycles. The lowest BCUT2D eigenvalue weighted by atomic mass is 9.83. The van der Waals surface area contributed by atoms with E-state index < -0.39 is 0 Å². The van der Waals surface area contributed by atoms with Crippen molar-refractivity contribution < 1.29 is 9.84 Å². The smallest absolute Gasteiger partial charge is 0.122 e. The van der Waals surface area contributed by atoms with Crippen LogP contribution < -0.4 is 10.1 Å². The maximum atomic E-state index is 9.28. The highest BCUT2D eigenvalue weighted by atomic mass is 16.5. The molecule has 2 N–H and O–H groups in total. The van der Waals surface area contributed by atoms with Crippen LogP contribution in [0.25, 0.3) is 0 Å². The molecule has 0 unspecified atom stereocenters. The number of aliphatic hydroxyl groups excluding tert-OH is 1. The van der Waals surface area contributed by atoms with E-state index in [1.54, 1.807) is 7.11 Å². The van der Waals surface area contributed by atoms with Crippen molar-refractivity contribution in [2.24, 2.45) is 0 Å². The highest BCUT2D eigenvalue weighted by Gasteiger charge is 2.27. The number of aliphatic hydroxyl groups is 1. The number of methoxy groups -OCH3 is 1. The molecule has 0 aliphatic heterocycles. The third kappa shape index (κ3) is 3.72. The molecular weight excluding hydrogens is 226 g/mol. The van der Waals surface area contributed by atoms with Gasteiger partial charge >= 0.3 is 0 Å². The van der Waals surface area contributed by atoms with Crippen LogP contribution in [-0.4, -0.2) is 30.9 Å². The fraction of sp³-hybridized carbons (Fsp3) is 0.600. The Morgan fingerprint density at radius 1 is 1.17 bits per heavy atom. The lowest BCUT2D eigenvalue weighted by molar-refractivity contribution is 0.181. The van der Waals surface area contributed by atoms with Crippen molar-refractivity contribution in [3.63, 3.8) is 0 Å². The van der Waals surface area contributed by atoms with Crippen LogP contribution in [0, 0.1) is 0 Å². The minimum absolute atomic E-state index is 0.0565. The van der Waals surface area contributed by atoms with E-state index in [-0.39, 0.29) is 17.6 Å². The Kier molecular flexibility index (Phi) is 4.77. The van der Waals surface area contributed by atoms with Gasteiger partial charge in [0.15, 0.2) is 0 Å². The normalized spacial score (nSPS) is 12.6. The minimum Gasteiger partial charge on any atom is -0.496 e. The molecule has 18 heavy (non-hydrogen) atoms. The number of hydrogen-bond donors (Lipinski definition) is 2. The van der Waals surface area contributed by atoms with Gasteiger partial charge in [-0.1, -0.05) is 32.0 Å². The summed E-state index contributed by atoms with van der Waals surface area (Å²) >= 11 is 0. The van der Waals surface area contributed by atoms with Crippen molar-refractivity contribution in [1.82, 2.24) is 5.32 Å². The number of nitrogens with one attached hydrogen (secondary N) is 1. The van der Waals surface area contributed by atoms with E-state index in [2.05, 4.69) is 25.2 Å². The molecule has 0 bridgehead atoms. The average Bonchev–Trinajstić information content (AvgIpc) is 2.37. The summed E-state index contributed by atoms with van der Waals surface area (Å²) in [7, 11) is 1.69. The van der Waals surface area contributed by atoms with E-state index >= 15 is 0 Å². The molecule has 0 atom stereocenters. The lowest BCUT2D eigenvalue weighted by Crippen LogP contribution is -2.48. The molecule has 0 spiro atoms. The van der Waals surface area contributed by atoms with Gasteiger partial charge in [0, 0.05) is 23.1 Å². The molecule has 0 aliphatic rings. The fourth-order valence-electron chi connectivity index (χ4n) is 1.82. The number of benzene rings is 1. The zero-order chi connectivity index (χ0) is 13.8. The Morgan fingerprint density at radius 3 is 2.33 bits per heavy atom. The predicted molar refractivity (Wildman–Crippen MR) is 75.2 cm³/mol. The minimum atomic E-state index is -0.265. The predicted octanol–water partition coefficient (Wildman–Crippen LogP) is 2.33. The van der Waals surface area contributed by atoms with Gasteiger partial charge in [0.1, 0.15) is 5.75 Å². The summed E-state index contributed by atoms with van der Waals surface area (Å²) in [5, 5.41) is 12.7. The van der Waals surface area contributed by atoms with Crippen LogP contribution in [0.1, 0.15) is 33.3 Å². The van der Waals surface area contributed by atoms with Gasteiger partial charge in [0.05, 0.1) is 13.7 Å². The molecule has 3 heteroatoms. The summed E-state index contributed by atoms with van der Waals surface area (Å²) < 4.78 is 5.41. The number of rotatable bonds is 6. The van der Waals surface area contributed by atoms with E-state index in [0.29, 0.717) is 0 Å². The first-order valence-corrected chi connectivity index (χ1v) is 6.32. The molecule has 1 aromatic rings. The first-order valence-electron chi connectivity index (χ1n) is 6.32. The Morgan fingerprint density at radius 2 is 1.78 bits per heavy atom. The molecule has 0 heterocycles. The Labute approximate surface area is 110 Å². The maximum Gasteiger partial charge on any atom is 0.122 e. The first kappa shape index (κ1) is 15.0. The monoisotopic (exact) mass is 251 g/mol. The topological polar surface area (TPSA) is 41.5 Å². The van der Waals surface area contributed by atoms with Crippen molar-refractivity contribution >= 4 is 0 Å². The summed E-state index contributed by atoms with van der Waals surface area (Å²) in [6.07, 6.45) is 0. The molecule has 1 rings (SSSR count). The Hall–Kier alpha value is -1.06. The number of para-hydroxylation sites is 1. The van der Waals surface area contributed by atoms with Gasteiger partial charge in [0.25, 0.3) is 0 Å². The summed E-state index contributed by atoms with van der Waals surface area (Å²) in [5.74, 6) is 0.908. The molecule has 0 aliphatic carbocycles. The van der Waals surface area contributed by atoms with Crippen LogP contribution in [0.4, 0.5) is 0 Å². The molecule has 0 amide bonds. The van der Waals surface area contributed by atoms with Crippen molar-refractivity contribution in [2.75, 3.05) is 20.3 Å². The third-order valence-electron chi connectivity index (χ3n) is 3.24. The number of ether oxygens (including phenoxy) is 1. The van der Waals surface area contributed by atoms with Gasteiger partial charge in [-0.15, -0.1) is 0 Å². The van der Waals surface area contributed by atoms with Crippen molar-refractivity contribution in [3.05, 3.63) is 29.8 Å². The second-order valence-electron chi connectivity index (χ2n) is 5.98. The van der Waals surface area contributed by atoms with Crippen LogP contribution >= 0.6 is 0 Å². The molecule has 0 aromatic heterocycles. The quantitative estimate of drug-likeness (QED) is 0.815. The van der Waals surface area contributed by atoms with Gasteiger partial charge in [-0.2, -0.15) is 0 Å². The molecular formula is C15H25NO2. The first-order chi connectivity index (χ1) is 8.32. The summed E-state index contributed by atoms with van der Waals surface area (Å²) in [6, 6.07) is 8.07. The van der Waals surface area contributed by atoms with E-state index in [9.17, 15) is 5.11 Å². The average molecular weight is 251 g/mol. The largest absolute Gasteiger partial charge is 0.496 e. The standard InChI is InChI=1S/C15H25NO2/c1-14(2,10-16-15(3,4)11-17)12-8-6-7-9-13(12)18-5/h6-9,16-17H,10-11H2,1-5H3. The highest BCUT2D eigenvalue weighted by molar-refractivity contribution is 5.39. The molecule has 1 aromatic carbocycles. The van der Waals surface area contributed by atoms with Gasteiger partial charge in [-0.05, 0) is 19.9 Å². The summed E-state index contributed by atoms with van der Waals surface area (Å²) in [4.78, 5) is 0. The van der Waals surface area contributed by atoms with Crippen LogP contribution in [0.5, 0.6) is 5.75 Å². The molecule has 3 nitrogen and oxygen atoms in total. The second kappa shape index (κ2) is 5.72. The van der Waals surface area contributed by atoms with Gasteiger partial charge in [-0.25, -0.2) is 0 Å². The zero-order valence-corrected chi connectivity index (χ0v) is 12.1. The molecule has 0 saturated heterocycles. The van der Waals surface area contributed by atoms with Crippen molar-refractivity contribution in [1.29, 1.82) is 0 Å². The Bertz CT molecular complexity index is 386. The fourth-order valence-corrected chi connectivity index (χ4v) is 1.82. The van der Waals surface area contributed by atoms with E-state index in [0.717, 1.165) is 12.3 Å². The second-order valence-corrected chi connectivity index (χ2v) is 5.98. The lowest BCUT2D eigenvalue weighted by Gasteiger charge is -2.32. The maximum absolute atomic E-state index is 9.28. The zero-order valence-electron chi connectivity index (χ0n) is 12.1. The van der Waals surface area contributed by atoms with Crippen LogP contribution in [-0.2, 0) is 5.41 Å². The summed E-state index contributed by atoms with van der Waals surface area (Å²) in [5.41, 5.74) is 0.854. The highest BCUT2D eigenvalue weighted by Crippen LogP contribution is 2.31. The molecule has 102 valence electrons. The van der Waals surface area contributed by atoms with E-state index in [4.69, 9.17) is 4.74 Å². The third-order valence-corrected chi connectivity index (χ3v) is 3.24. The van der Waals surface area contributed by atoms with Crippen LogP contribution in [0.15, 0.2) is 24.3 Å². The Balaban J connectivity index is 2.86. The molecule has 0 radical (unpaired) electrons. The van der Waals surface area contributed by atoms with Gasteiger partial charge < -0.3 is 15.2 Å². The van der Waals surface area contributed by atoms with Crippen molar-refractivity contribution in [3.8, 4) is 5.75 Å². The van der Waals surface area contributed by atoms with E-state index in [1.807, 2.05) is 32.0 Å². The SMILES string of the molecule is COc1ccccc1C(C)(C)CNC(C)(C)CO. The molecule has 0 fully saturated rings. The summed E-state index contributed by atoms with van der Waals surface area (Å²) in [6.45, 7) is 9.23. The van der Waals surface area contributed by atoms with Gasteiger partial charge in [-0.3, -0.25) is 0 Å².